The van der Waals surface area contributed by atoms with E-state index in [0.29, 0.717) is 34.4 Å². The molecule has 1 rings (SSSR count). The molecule has 1 aromatic carbocycles. The standard InChI is InChI=1S/C13H19ClO3/c1-8(2)7-10(15)9-5-6-11(16-3)12(14)13(9)17-4/h5-6,8,10,15H,7H2,1-4H3. The molecule has 0 fully saturated rings. The van der Waals surface area contributed by atoms with Crippen molar-refractivity contribution < 1.29 is 14.6 Å². The largest absolute Gasteiger partial charge is 0.495 e. The number of hydrogen-bond acceptors (Lipinski definition) is 3. The molecule has 0 aliphatic carbocycles. The minimum absolute atomic E-state index is 0.398. The van der Waals surface area contributed by atoms with Gasteiger partial charge in [0.2, 0.25) is 0 Å². The minimum Gasteiger partial charge on any atom is -0.495 e. The summed E-state index contributed by atoms with van der Waals surface area (Å²) in [6, 6.07) is 3.53. The average Bonchev–Trinajstić information content (AvgIpc) is 2.27. The fourth-order valence-electron chi connectivity index (χ4n) is 1.75. The molecular weight excluding hydrogens is 240 g/mol. The van der Waals surface area contributed by atoms with Crippen LogP contribution in [0.2, 0.25) is 5.02 Å². The Morgan fingerprint density at radius 3 is 2.35 bits per heavy atom. The van der Waals surface area contributed by atoms with Gasteiger partial charge in [0.05, 0.1) is 20.3 Å². The molecule has 0 heterocycles. The molecule has 1 atom stereocenters. The summed E-state index contributed by atoms with van der Waals surface area (Å²) in [5.74, 6) is 1.43. The summed E-state index contributed by atoms with van der Waals surface area (Å²) < 4.78 is 10.4. The van der Waals surface area contributed by atoms with Crippen LogP contribution in [0.15, 0.2) is 12.1 Å². The number of methoxy groups -OCH3 is 2. The van der Waals surface area contributed by atoms with Crippen LogP contribution in [0.1, 0.15) is 31.9 Å². The number of halogens is 1. The van der Waals surface area contributed by atoms with Crippen molar-refractivity contribution >= 4 is 11.6 Å². The second kappa shape index (κ2) is 6.12. The monoisotopic (exact) mass is 258 g/mol. The van der Waals surface area contributed by atoms with E-state index < -0.39 is 6.10 Å². The van der Waals surface area contributed by atoms with Crippen molar-refractivity contribution in [2.24, 2.45) is 5.92 Å². The second-order valence-corrected chi connectivity index (χ2v) is 4.73. The van der Waals surface area contributed by atoms with E-state index in [1.54, 1.807) is 19.2 Å². The maximum absolute atomic E-state index is 10.1. The molecule has 0 radical (unpaired) electrons. The third-order valence-electron chi connectivity index (χ3n) is 2.57. The summed E-state index contributed by atoms with van der Waals surface area (Å²) in [6.07, 6.45) is 0.0901. The van der Waals surface area contributed by atoms with Crippen molar-refractivity contribution in [1.29, 1.82) is 0 Å². The van der Waals surface area contributed by atoms with Gasteiger partial charge >= 0.3 is 0 Å². The quantitative estimate of drug-likeness (QED) is 0.879. The summed E-state index contributed by atoms with van der Waals surface area (Å²) in [7, 11) is 3.08. The summed E-state index contributed by atoms with van der Waals surface area (Å²) >= 11 is 6.13. The highest BCUT2D eigenvalue weighted by Crippen LogP contribution is 2.40. The van der Waals surface area contributed by atoms with Gasteiger partial charge in [-0.05, 0) is 24.5 Å². The van der Waals surface area contributed by atoms with E-state index in [2.05, 4.69) is 13.8 Å². The Bertz CT molecular complexity index is 377. The van der Waals surface area contributed by atoms with Gasteiger partial charge in [-0.2, -0.15) is 0 Å². The molecular formula is C13H19ClO3. The predicted octanol–water partition coefficient (Wildman–Crippen LogP) is 3.44. The molecule has 0 saturated carbocycles. The Kier molecular flexibility index (Phi) is 5.09. The van der Waals surface area contributed by atoms with Gasteiger partial charge in [0.1, 0.15) is 16.5 Å². The summed E-state index contributed by atoms with van der Waals surface area (Å²) in [5, 5.41) is 10.5. The van der Waals surface area contributed by atoms with E-state index in [1.807, 2.05) is 0 Å². The molecule has 4 heteroatoms. The van der Waals surface area contributed by atoms with Gasteiger partial charge in [-0.3, -0.25) is 0 Å². The Balaban J connectivity index is 3.11. The lowest BCUT2D eigenvalue weighted by Gasteiger charge is -2.18. The molecule has 96 valence electrons. The van der Waals surface area contributed by atoms with Gasteiger partial charge in [-0.15, -0.1) is 0 Å². The molecule has 0 aliphatic rings. The molecule has 17 heavy (non-hydrogen) atoms. The van der Waals surface area contributed by atoms with Crippen molar-refractivity contribution in [3.63, 3.8) is 0 Å². The lowest BCUT2D eigenvalue weighted by molar-refractivity contribution is 0.147. The second-order valence-electron chi connectivity index (χ2n) is 4.35. The van der Waals surface area contributed by atoms with E-state index >= 15 is 0 Å². The molecule has 0 spiro atoms. The van der Waals surface area contributed by atoms with Crippen LogP contribution in [0.25, 0.3) is 0 Å². The van der Waals surface area contributed by atoms with E-state index in [-0.39, 0.29) is 0 Å². The molecule has 3 nitrogen and oxygen atoms in total. The van der Waals surface area contributed by atoms with Crippen molar-refractivity contribution in [3.8, 4) is 11.5 Å². The molecule has 0 aromatic heterocycles. The van der Waals surface area contributed by atoms with Crippen LogP contribution in [0.4, 0.5) is 0 Å². The van der Waals surface area contributed by atoms with Crippen LogP contribution in [0.3, 0.4) is 0 Å². The normalized spacial score (nSPS) is 12.6. The highest BCUT2D eigenvalue weighted by Gasteiger charge is 2.19. The molecule has 1 unspecified atom stereocenters. The number of aliphatic hydroxyl groups is 1. The van der Waals surface area contributed by atoms with E-state index in [0.717, 1.165) is 0 Å². The van der Waals surface area contributed by atoms with Crippen LogP contribution < -0.4 is 9.47 Å². The van der Waals surface area contributed by atoms with Gasteiger partial charge in [0, 0.05) is 5.56 Å². The van der Waals surface area contributed by atoms with Gasteiger partial charge < -0.3 is 14.6 Å². The van der Waals surface area contributed by atoms with E-state index in [4.69, 9.17) is 21.1 Å². The zero-order chi connectivity index (χ0) is 13.0. The SMILES string of the molecule is COc1ccc(C(O)CC(C)C)c(OC)c1Cl. The van der Waals surface area contributed by atoms with E-state index in [9.17, 15) is 5.11 Å². The summed E-state index contributed by atoms with van der Waals surface area (Å²) in [5.41, 5.74) is 0.701. The highest BCUT2D eigenvalue weighted by molar-refractivity contribution is 6.33. The Morgan fingerprint density at radius 1 is 1.24 bits per heavy atom. The first kappa shape index (κ1) is 14.1. The van der Waals surface area contributed by atoms with Crippen LogP contribution in [0, 0.1) is 5.92 Å². The van der Waals surface area contributed by atoms with Crippen LogP contribution in [-0.2, 0) is 0 Å². The minimum atomic E-state index is -0.576. The van der Waals surface area contributed by atoms with Gasteiger partial charge in [0.25, 0.3) is 0 Å². The number of rotatable bonds is 5. The maximum Gasteiger partial charge on any atom is 0.147 e. The molecule has 0 bridgehead atoms. The molecule has 1 N–H and O–H groups in total. The van der Waals surface area contributed by atoms with E-state index in [1.165, 1.54) is 7.11 Å². The molecule has 0 saturated heterocycles. The van der Waals surface area contributed by atoms with Crippen LogP contribution in [0.5, 0.6) is 11.5 Å². The van der Waals surface area contributed by atoms with Crippen molar-refractivity contribution in [2.45, 2.75) is 26.4 Å². The lowest BCUT2D eigenvalue weighted by atomic mass is 9.98. The fraction of sp³-hybridized carbons (Fsp3) is 0.538. The smallest absolute Gasteiger partial charge is 0.147 e. The Labute approximate surface area is 107 Å². The maximum atomic E-state index is 10.1. The van der Waals surface area contributed by atoms with Crippen LogP contribution >= 0.6 is 11.6 Å². The predicted molar refractivity (Wildman–Crippen MR) is 69.0 cm³/mol. The number of hydrogen-bond donors (Lipinski definition) is 1. The number of aliphatic hydroxyl groups excluding tert-OH is 1. The van der Waals surface area contributed by atoms with Crippen LogP contribution in [-0.4, -0.2) is 19.3 Å². The zero-order valence-corrected chi connectivity index (χ0v) is 11.4. The first-order valence-corrected chi connectivity index (χ1v) is 5.97. The third-order valence-corrected chi connectivity index (χ3v) is 2.93. The third kappa shape index (κ3) is 3.27. The topological polar surface area (TPSA) is 38.7 Å². The van der Waals surface area contributed by atoms with Gasteiger partial charge in [0.15, 0.2) is 0 Å². The zero-order valence-electron chi connectivity index (χ0n) is 10.7. The summed E-state index contributed by atoms with van der Waals surface area (Å²) in [4.78, 5) is 0. The molecule has 1 aromatic rings. The lowest BCUT2D eigenvalue weighted by Crippen LogP contribution is -2.05. The fourth-order valence-corrected chi connectivity index (χ4v) is 2.08. The number of benzene rings is 1. The van der Waals surface area contributed by atoms with Crippen molar-refractivity contribution in [3.05, 3.63) is 22.7 Å². The number of ether oxygens (including phenoxy) is 2. The molecule has 0 amide bonds. The highest BCUT2D eigenvalue weighted by atomic mass is 35.5. The van der Waals surface area contributed by atoms with Gasteiger partial charge in [-0.25, -0.2) is 0 Å². The summed E-state index contributed by atoms with van der Waals surface area (Å²) in [6.45, 7) is 4.11. The van der Waals surface area contributed by atoms with Crippen molar-refractivity contribution in [1.82, 2.24) is 0 Å². The Morgan fingerprint density at radius 2 is 1.88 bits per heavy atom. The molecule has 0 aliphatic heterocycles. The van der Waals surface area contributed by atoms with Crippen molar-refractivity contribution in [2.75, 3.05) is 14.2 Å². The van der Waals surface area contributed by atoms with Gasteiger partial charge in [-0.1, -0.05) is 25.4 Å². The average molecular weight is 259 g/mol. The Hall–Kier alpha value is -0.930. The first-order chi connectivity index (χ1) is 8.01. The first-order valence-electron chi connectivity index (χ1n) is 5.59.